The van der Waals surface area contributed by atoms with Crippen molar-refractivity contribution in [1.82, 2.24) is 5.32 Å². The van der Waals surface area contributed by atoms with E-state index in [1.54, 1.807) is 0 Å². The lowest BCUT2D eigenvalue weighted by Crippen LogP contribution is -2.69. The van der Waals surface area contributed by atoms with Gasteiger partial charge in [0.05, 0.1) is 12.9 Å². The number of rotatable bonds is 15. The first-order chi connectivity index (χ1) is 22.0. The largest absolute Gasteiger partial charge is 0.463 e. The minimum Gasteiger partial charge on any atom is -0.463 e. The zero-order chi connectivity index (χ0) is 35.5. The molecule has 2 aliphatic rings. The van der Waals surface area contributed by atoms with Crippen LogP contribution in [0.15, 0.2) is 12.7 Å². The zero-order valence-corrected chi connectivity index (χ0v) is 28.1. The van der Waals surface area contributed by atoms with Crippen molar-refractivity contribution in [3.05, 3.63) is 12.7 Å². The standard InChI is InChI=1S/C27H38N2O16S2/c1-8-9-37-26-20(29-13(2)30)23(22(45-47(7,35)36)19(43-26)11-46-12-28)44-27-25(41-17(6)34)24(40-16(5)33)21(39-15(4)32)18(42-27)10-38-14(3)31/h8,18-27H,1,9-11H2,2-7H3,(H,29,30)/t18-,19-,20-,21+,22-,23-,24+,25-,26+,27+/m1/s1. The van der Waals surface area contributed by atoms with Crippen molar-refractivity contribution in [3.8, 4) is 5.40 Å². The molecular weight excluding hydrogens is 672 g/mol. The molecule has 0 spiro atoms. The summed E-state index contributed by atoms with van der Waals surface area (Å²) in [5.74, 6) is -4.24. The number of nitriles is 1. The molecule has 2 fully saturated rings. The van der Waals surface area contributed by atoms with E-state index in [0.29, 0.717) is 11.8 Å². The number of carbonyl (C=O) groups is 5. The normalized spacial score (nSPS) is 30.6. The monoisotopic (exact) mass is 710 g/mol. The van der Waals surface area contributed by atoms with Crippen LogP contribution >= 0.6 is 11.8 Å². The molecule has 18 nitrogen and oxygen atoms in total. The third-order valence-electron chi connectivity index (χ3n) is 6.23. The molecule has 10 atom stereocenters. The lowest BCUT2D eigenvalue weighted by molar-refractivity contribution is -0.341. The highest BCUT2D eigenvalue weighted by atomic mass is 32.2. The summed E-state index contributed by atoms with van der Waals surface area (Å²) in [5.41, 5.74) is 0. The average Bonchev–Trinajstić information content (AvgIpc) is 2.93. The highest BCUT2D eigenvalue weighted by Crippen LogP contribution is 2.35. The van der Waals surface area contributed by atoms with Crippen molar-refractivity contribution >= 4 is 51.7 Å². The molecule has 0 saturated carbocycles. The van der Waals surface area contributed by atoms with Crippen LogP contribution in [0.2, 0.25) is 0 Å². The number of thioether (sulfide) groups is 1. The summed E-state index contributed by atoms with van der Waals surface area (Å²) in [6.07, 6.45) is -11.7. The smallest absolute Gasteiger partial charge is 0.303 e. The Labute approximate surface area is 275 Å². The van der Waals surface area contributed by atoms with Crippen LogP contribution < -0.4 is 5.32 Å². The SMILES string of the molecule is C=CCO[C@H]1O[C@H](CSC#N)[C@@H](OS(C)(=O)=O)[C@H](O[C@@H]2O[C@H](COC(C)=O)[C@H](OC(C)=O)[C@H](OC(C)=O)[C@H]2OC(C)=O)[C@H]1NC(C)=O. The molecule has 0 unspecified atom stereocenters. The minimum absolute atomic E-state index is 0.109. The lowest BCUT2D eigenvalue weighted by atomic mass is 9.95. The van der Waals surface area contributed by atoms with Gasteiger partial charge in [-0.25, -0.2) is 0 Å². The van der Waals surface area contributed by atoms with Crippen molar-refractivity contribution in [2.24, 2.45) is 0 Å². The number of hydrogen-bond donors (Lipinski definition) is 1. The molecule has 2 rings (SSSR count). The molecule has 0 aromatic carbocycles. The maximum atomic E-state index is 12.5. The fourth-order valence-corrected chi connectivity index (χ4v) is 5.93. The summed E-state index contributed by atoms with van der Waals surface area (Å²) in [6.45, 7) is 8.24. The van der Waals surface area contributed by atoms with Gasteiger partial charge < -0.3 is 43.2 Å². The molecule has 0 radical (unpaired) electrons. The summed E-state index contributed by atoms with van der Waals surface area (Å²) in [6, 6.07) is -1.35. The first-order valence-corrected chi connectivity index (χ1v) is 16.8. The predicted molar refractivity (Wildman–Crippen MR) is 157 cm³/mol. The Bertz CT molecular complexity index is 1300. The van der Waals surface area contributed by atoms with Crippen molar-refractivity contribution in [2.75, 3.05) is 25.2 Å². The Hall–Kier alpha value is -3.32. The van der Waals surface area contributed by atoms with Crippen LogP contribution in [0.4, 0.5) is 0 Å². The molecule has 1 N–H and O–H groups in total. The maximum absolute atomic E-state index is 12.5. The van der Waals surface area contributed by atoms with E-state index in [2.05, 4.69) is 11.9 Å². The molecule has 0 aromatic rings. The number of esters is 4. The van der Waals surface area contributed by atoms with Crippen LogP contribution in [0, 0.1) is 10.7 Å². The predicted octanol–water partition coefficient (Wildman–Crippen LogP) is -0.554. The van der Waals surface area contributed by atoms with E-state index in [1.165, 1.54) is 6.08 Å². The van der Waals surface area contributed by atoms with Crippen LogP contribution in [0.3, 0.4) is 0 Å². The number of amides is 1. The molecule has 264 valence electrons. The van der Waals surface area contributed by atoms with E-state index in [1.807, 2.05) is 5.40 Å². The summed E-state index contributed by atoms with van der Waals surface area (Å²) in [4.78, 5) is 60.7. The van der Waals surface area contributed by atoms with Crippen molar-refractivity contribution in [2.45, 2.75) is 96.0 Å². The molecule has 0 bridgehead atoms. The van der Waals surface area contributed by atoms with E-state index in [0.717, 1.165) is 40.9 Å². The van der Waals surface area contributed by atoms with E-state index < -0.39 is 108 Å². The van der Waals surface area contributed by atoms with Gasteiger partial charge in [-0.1, -0.05) is 6.08 Å². The Morgan fingerprint density at radius 2 is 1.43 bits per heavy atom. The number of nitrogens with one attached hydrogen (secondary N) is 1. The number of carbonyl (C=O) groups excluding carboxylic acids is 5. The molecular formula is C27H38N2O16S2. The second-order valence-corrected chi connectivity index (χ2v) is 12.6. The molecule has 1 amide bonds. The van der Waals surface area contributed by atoms with Crippen molar-refractivity contribution < 1.29 is 74.5 Å². The van der Waals surface area contributed by atoms with Crippen LogP contribution in [-0.4, -0.2) is 125 Å². The zero-order valence-electron chi connectivity index (χ0n) is 26.5. The van der Waals surface area contributed by atoms with Gasteiger partial charge in [-0.3, -0.25) is 28.2 Å². The number of thiocyanates is 1. The molecule has 2 heterocycles. The van der Waals surface area contributed by atoms with Crippen molar-refractivity contribution in [3.63, 3.8) is 0 Å². The molecule has 2 saturated heterocycles. The van der Waals surface area contributed by atoms with Gasteiger partial charge in [0.15, 0.2) is 30.9 Å². The highest BCUT2D eigenvalue weighted by molar-refractivity contribution is 8.03. The van der Waals surface area contributed by atoms with Gasteiger partial charge in [0.2, 0.25) is 5.91 Å². The van der Waals surface area contributed by atoms with Crippen LogP contribution in [0.1, 0.15) is 34.6 Å². The molecule has 0 aromatic heterocycles. The second-order valence-electron chi connectivity index (χ2n) is 10.2. The third-order valence-corrected chi connectivity index (χ3v) is 7.43. The first-order valence-electron chi connectivity index (χ1n) is 14.0. The fourth-order valence-electron chi connectivity index (χ4n) is 4.78. The van der Waals surface area contributed by atoms with Gasteiger partial charge in [0, 0.05) is 40.4 Å². The topological polar surface area (TPSA) is 238 Å². The Morgan fingerprint density at radius 1 is 0.851 bits per heavy atom. The van der Waals surface area contributed by atoms with Gasteiger partial charge in [0.1, 0.15) is 42.5 Å². The van der Waals surface area contributed by atoms with Gasteiger partial charge >= 0.3 is 23.9 Å². The molecule has 47 heavy (non-hydrogen) atoms. The Morgan fingerprint density at radius 3 is 1.94 bits per heavy atom. The molecule has 20 heteroatoms. The number of hydrogen-bond acceptors (Lipinski definition) is 18. The summed E-state index contributed by atoms with van der Waals surface area (Å²) in [5, 5.41) is 13.7. The van der Waals surface area contributed by atoms with Gasteiger partial charge in [-0.2, -0.15) is 13.7 Å². The quantitative estimate of drug-likeness (QED) is 0.0737. The third kappa shape index (κ3) is 12.7. The van der Waals surface area contributed by atoms with Gasteiger partial charge in [0.25, 0.3) is 10.1 Å². The van der Waals surface area contributed by atoms with Gasteiger partial charge in [-0.05, 0) is 11.8 Å². The lowest BCUT2D eigenvalue weighted by Gasteiger charge is -2.49. The van der Waals surface area contributed by atoms with E-state index in [-0.39, 0.29) is 12.4 Å². The summed E-state index contributed by atoms with van der Waals surface area (Å²) in [7, 11) is -4.28. The van der Waals surface area contributed by atoms with Crippen LogP contribution in [-0.2, 0) is 76.2 Å². The van der Waals surface area contributed by atoms with E-state index in [4.69, 9.17) is 42.1 Å². The minimum atomic E-state index is -4.28. The number of ether oxygens (including phenoxy) is 8. The second kappa shape index (κ2) is 18.3. The summed E-state index contributed by atoms with van der Waals surface area (Å²) < 4.78 is 75.6. The maximum Gasteiger partial charge on any atom is 0.303 e. The molecule has 0 aliphatic carbocycles. The molecule has 2 aliphatic heterocycles. The van der Waals surface area contributed by atoms with Crippen LogP contribution in [0.25, 0.3) is 0 Å². The Kier molecular flexibility index (Phi) is 15.5. The Balaban J connectivity index is 2.77. The first kappa shape index (κ1) is 39.9. The van der Waals surface area contributed by atoms with Crippen LogP contribution in [0.5, 0.6) is 0 Å². The number of nitrogens with zero attached hydrogens (tertiary/aromatic N) is 1. The van der Waals surface area contributed by atoms with Gasteiger partial charge in [-0.15, -0.1) is 6.58 Å². The van der Waals surface area contributed by atoms with Crippen molar-refractivity contribution in [1.29, 1.82) is 5.26 Å². The summed E-state index contributed by atoms with van der Waals surface area (Å²) >= 11 is 0.697. The van der Waals surface area contributed by atoms with E-state index >= 15 is 0 Å². The fraction of sp³-hybridized carbons (Fsp3) is 0.704. The average molecular weight is 711 g/mol. The highest BCUT2D eigenvalue weighted by Gasteiger charge is 2.57. The van der Waals surface area contributed by atoms with E-state index in [9.17, 15) is 37.7 Å².